The van der Waals surface area contributed by atoms with Gasteiger partial charge in [-0.1, -0.05) is 60.7 Å². The van der Waals surface area contributed by atoms with Crippen LogP contribution in [-0.2, 0) is 5.54 Å². The molecule has 0 spiro atoms. The van der Waals surface area contributed by atoms with Gasteiger partial charge < -0.3 is 0 Å². The molecule has 1 aliphatic heterocycles. The fourth-order valence-electron chi connectivity index (χ4n) is 2.67. The summed E-state index contributed by atoms with van der Waals surface area (Å²) in [6.45, 7) is 0. The summed E-state index contributed by atoms with van der Waals surface area (Å²) in [7, 11) is 0. The lowest BCUT2D eigenvalue weighted by Gasteiger charge is -2.47. The number of hydrogen-bond donors (Lipinski definition) is 1. The molecule has 18 heavy (non-hydrogen) atoms. The Morgan fingerprint density at radius 2 is 1.39 bits per heavy atom. The SMILES string of the molecule is N#CC1CC(c2ccccc2)(c2ccccc2)N1. The summed E-state index contributed by atoms with van der Waals surface area (Å²) < 4.78 is 0. The summed E-state index contributed by atoms with van der Waals surface area (Å²) in [4.78, 5) is 0. The molecule has 0 aromatic heterocycles. The Morgan fingerprint density at radius 1 is 0.944 bits per heavy atom. The fourth-order valence-corrected chi connectivity index (χ4v) is 2.67. The third kappa shape index (κ3) is 1.61. The third-order valence-electron chi connectivity index (χ3n) is 3.62. The third-order valence-corrected chi connectivity index (χ3v) is 3.62. The maximum atomic E-state index is 9.00. The Hall–Kier alpha value is -2.11. The van der Waals surface area contributed by atoms with Gasteiger partial charge in [0.15, 0.2) is 0 Å². The molecule has 0 saturated carbocycles. The van der Waals surface area contributed by atoms with Crippen LogP contribution in [0.2, 0.25) is 0 Å². The lowest BCUT2D eigenvalue weighted by Crippen LogP contribution is -2.61. The van der Waals surface area contributed by atoms with Crippen LogP contribution in [0.1, 0.15) is 17.5 Å². The molecule has 2 nitrogen and oxygen atoms in total. The van der Waals surface area contributed by atoms with Crippen LogP contribution >= 0.6 is 0 Å². The van der Waals surface area contributed by atoms with Crippen LogP contribution < -0.4 is 5.32 Å². The first-order chi connectivity index (χ1) is 8.85. The minimum absolute atomic E-state index is 0.0505. The molecule has 3 rings (SSSR count). The van der Waals surface area contributed by atoms with Crippen molar-refractivity contribution in [1.29, 1.82) is 5.26 Å². The van der Waals surface area contributed by atoms with Crippen molar-refractivity contribution in [2.45, 2.75) is 18.0 Å². The van der Waals surface area contributed by atoms with Crippen molar-refractivity contribution in [1.82, 2.24) is 5.32 Å². The molecule has 0 bridgehead atoms. The molecule has 2 aromatic rings. The zero-order valence-corrected chi connectivity index (χ0v) is 10.0. The molecule has 0 amide bonds. The molecule has 88 valence electrons. The van der Waals surface area contributed by atoms with E-state index in [2.05, 4.69) is 35.7 Å². The molecule has 1 heterocycles. The van der Waals surface area contributed by atoms with Crippen molar-refractivity contribution >= 4 is 0 Å². The molecule has 1 atom stereocenters. The van der Waals surface area contributed by atoms with Gasteiger partial charge >= 0.3 is 0 Å². The quantitative estimate of drug-likeness (QED) is 0.867. The maximum Gasteiger partial charge on any atom is 0.0986 e. The second-order valence-corrected chi connectivity index (χ2v) is 4.67. The van der Waals surface area contributed by atoms with E-state index in [1.54, 1.807) is 0 Å². The van der Waals surface area contributed by atoms with E-state index in [4.69, 9.17) is 5.26 Å². The molecule has 0 radical (unpaired) electrons. The fraction of sp³-hybridized carbons (Fsp3) is 0.188. The van der Waals surface area contributed by atoms with Crippen molar-refractivity contribution in [2.24, 2.45) is 0 Å². The summed E-state index contributed by atoms with van der Waals surface area (Å²) in [6, 6.07) is 22.9. The van der Waals surface area contributed by atoms with Gasteiger partial charge in [0, 0.05) is 6.42 Å². The molecular weight excluding hydrogens is 220 g/mol. The first kappa shape index (κ1) is 11.0. The van der Waals surface area contributed by atoms with Crippen LogP contribution in [0, 0.1) is 11.3 Å². The van der Waals surface area contributed by atoms with Gasteiger partial charge in [-0.3, -0.25) is 5.32 Å². The number of nitrogens with one attached hydrogen (secondary N) is 1. The van der Waals surface area contributed by atoms with E-state index in [0.29, 0.717) is 0 Å². The van der Waals surface area contributed by atoms with Crippen LogP contribution in [-0.4, -0.2) is 6.04 Å². The van der Waals surface area contributed by atoms with Gasteiger partial charge in [-0.05, 0) is 11.1 Å². The molecule has 1 N–H and O–H groups in total. The van der Waals surface area contributed by atoms with Gasteiger partial charge in [0.1, 0.15) is 0 Å². The predicted molar refractivity (Wildman–Crippen MR) is 70.8 cm³/mol. The van der Waals surface area contributed by atoms with Crippen LogP contribution in [0.3, 0.4) is 0 Å². The van der Waals surface area contributed by atoms with Crippen LogP contribution in [0.5, 0.6) is 0 Å². The highest BCUT2D eigenvalue weighted by Crippen LogP contribution is 2.40. The van der Waals surface area contributed by atoms with E-state index >= 15 is 0 Å². The minimum Gasteiger partial charge on any atom is -0.288 e. The average Bonchev–Trinajstić information content (AvgIpc) is 2.41. The molecule has 1 fully saturated rings. The highest BCUT2D eigenvalue weighted by molar-refractivity contribution is 5.43. The lowest BCUT2D eigenvalue weighted by molar-refractivity contribution is 0.218. The van der Waals surface area contributed by atoms with Crippen molar-refractivity contribution < 1.29 is 0 Å². The molecule has 1 unspecified atom stereocenters. The first-order valence-electron chi connectivity index (χ1n) is 6.13. The second-order valence-electron chi connectivity index (χ2n) is 4.67. The Bertz CT molecular complexity index is 522. The number of benzene rings is 2. The van der Waals surface area contributed by atoms with Gasteiger partial charge in [0.25, 0.3) is 0 Å². The molecule has 2 aromatic carbocycles. The van der Waals surface area contributed by atoms with Gasteiger partial charge in [0.05, 0.1) is 17.6 Å². The largest absolute Gasteiger partial charge is 0.288 e. The van der Waals surface area contributed by atoms with Crippen molar-refractivity contribution in [3.8, 4) is 6.07 Å². The highest BCUT2D eigenvalue weighted by Gasteiger charge is 2.46. The number of nitriles is 1. The summed E-state index contributed by atoms with van der Waals surface area (Å²) >= 11 is 0. The summed E-state index contributed by atoms with van der Waals surface area (Å²) in [5, 5.41) is 12.4. The Labute approximate surface area is 107 Å². The average molecular weight is 234 g/mol. The topological polar surface area (TPSA) is 35.8 Å². The van der Waals surface area contributed by atoms with E-state index in [0.717, 1.165) is 6.42 Å². The first-order valence-corrected chi connectivity index (χ1v) is 6.13. The van der Waals surface area contributed by atoms with E-state index in [9.17, 15) is 0 Å². The van der Waals surface area contributed by atoms with Crippen LogP contribution in [0.4, 0.5) is 0 Å². The number of hydrogen-bond acceptors (Lipinski definition) is 2. The molecular formula is C16H14N2. The molecule has 1 aliphatic rings. The van der Waals surface area contributed by atoms with E-state index < -0.39 is 0 Å². The standard InChI is InChI=1S/C16H14N2/c17-12-15-11-16(18-15,13-7-3-1-4-8-13)14-9-5-2-6-10-14/h1-10,15,18H,11H2. The number of rotatable bonds is 2. The van der Waals surface area contributed by atoms with E-state index in [1.807, 2.05) is 36.4 Å². The molecule has 1 saturated heterocycles. The summed E-state index contributed by atoms with van der Waals surface area (Å²) in [5.74, 6) is 0. The van der Waals surface area contributed by atoms with Crippen molar-refractivity contribution in [3.05, 3.63) is 71.8 Å². The van der Waals surface area contributed by atoms with Gasteiger partial charge in [-0.2, -0.15) is 5.26 Å². The van der Waals surface area contributed by atoms with Crippen LogP contribution in [0.25, 0.3) is 0 Å². The Kier molecular flexibility index (Phi) is 2.62. The van der Waals surface area contributed by atoms with E-state index in [-0.39, 0.29) is 11.6 Å². The molecule has 2 heteroatoms. The van der Waals surface area contributed by atoms with Crippen molar-refractivity contribution in [2.75, 3.05) is 0 Å². The smallest absolute Gasteiger partial charge is 0.0986 e. The van der Waals surface area contributed by atoms with Gasteiger partial charge in [-0.25, -0.2) is 0 Å². The summed E-state index contributed by atoms with van der Waals surface area (Å²) in [6.07, 6.45) is 0.831. The predicted octanol–water partition coefficient (Wildman–Crippen LogP) is 2.82. The number of nitrogens with zero attached hydrogens (tertiary/aromatic N) is 1. The Morgan fingerprint density at radius 3 is 1.78 bits per heavy atom. The zero-order valence-electron chi connectivity index (χ0n) is 10.0. The summed E-state index contributed by atoms with van der Waals surface area (Å²) in [5.41, 5.74) is 2.26. The maximum absolute atomic E-state index is 9.00. The van der Waals surface area contributed by atoms with Gasteiger partial charge in [0.2, 0.25) is 0 Å². The second kappa shape index (κ2) is 4.29. The van der Waals surface area contributed by atoms with E-state index in [1.165, 1.54) is 11.1 Å². The Balaban J connectivity index is 2.05. The molecule has 0 aliphatic carbocycles. The van der Waals surface area contributed by atoms with Crippen LogP contribution in [0.15, 0.2) is 60.7 Å². The minimum atomic E-state index is -0.192. The zero-order chi connectivity index (χ0) is 12.4. The van der Waals surface area contributed by atoms with Crippen molar-refractivity contribution in [3.63, 3.8) is 0 Å². The van der Waals surface area contributed by atoms with Gasteiger partial charge in [-0.15, -0.1) is 0 Å². The highest BCUT2D eigenvalue weighted by atomic mass is 15.1. The monoisotopic (exact) mass is 234 g/mol. The lowest BCUT2D eigenvalue weighted by atomic mass is 9.71. The normalized spacial score (nSPS) is 20.7.